The number of anilines is 2. The van der Waals surface area contributed by atoms with Gasteiger partial charge in [-0.25, -0.2) is 4.98 Å². The van der Waals surface area contributed by atoms with Crippen LogP contribution in [-0.2, 0) is 0 Å². The largest absolute Gasteiger partial charge is 0.378 e. The van der Waals surface area contributed by atoms with Crippen molar-refractivity contribution in [1.82, 2.24) is 9.38 Å². The molecule has 3 aromatic rings. The molecule has 3 rings (SSSR count). The van der Waals surface area contributed by atoms with Crippen molar-refractivity contribution in [3.05, 3.63) is 47.2 Å². The van der Waals surface area contributed by atoms with Gasteiger partial charge < -0.3 is 10.2 Å². The van der Waals surface area contributed by atoms with E-state index in [1.165, 1.54) is 11.3 Å². The SMILES string of the molecule is Cc1csc2nc(C(=O)Nc3ccc(N(C)C)cc3)cn12. The molecule has 0 saturated carbocycles. The molecule has 0 saturated heterocycles. The van der Waals surface area contributed by atoms with Gasteiger partial charge in [0, 0.05) is 42.7 Å². The molecule has 1 aromatic carbocycles. The lowest BCUT2D eigenvalue weighted by Gasteiger charge is -2.12. The number of hydrogen-bond donors (Lipinski definition) is 1. The van der Waals surface area contributed by atoms with Gasteiger partial charge in [0.15, 0.2) is 4.96 Å². The van der Waals surface area contributed by atoms with E-state index in [-0.39, 0.29) is 5.91 Å². The minimum absolute atomic E-state index is 0.192. The van der Waals surface area contributed by atoms with E-state index in [0.717, 1.165) is 22.0 Å². The van der Waals surface area contributed by atoms with Crippen molar-refractivity contribution in [1.29, 1.82) is 0 Å². The molecule has 2 aromatic heterocycles. The predicted octanol–water partition coefficient (Wildman–Crippen LogP) is 3.02. The number of nitrogens with one attached hydrogen (secondary N) is 1. The molecule has 1 amide bonds. The van der Waals surface area contributed by atoms with Crippen molar-refractivity contribution in [2.24, 2.45) is 0 Å². The zero-order chi connectivity index (χ0) is 15.0. The van der Waals surface area contributed by atoms with Crippen molar-refractivity contribution < 1.29 is 4.79 Å². The number of rotatable bonds is 3. The van der Waals surface area contributed by atoms with Crippen LogP contribution < -0.4 is 10.2 Å². The number of imidazole rings is 1. The maximum absolute atomic E-state index is 12.2. The third-order valence-corrected chi connectivity index (χ3v) is 4.22. The number of hydrogen-bond acceptors (Lipinski definition) is 4. The number of nitrogens with zero attached hydrogens (tertiary/aromatic N) is 3. The first-order valence-corrected chi connectivity index (χ1v) is 7.44. The number of thiazole rings is 1. The van der Waals surface area contributed by atoms with E-state index in [0.29, 0.717) is 5.69 Å². The summed E-state index contributed by atoms with van der Waals surface area (Å²) in [6, 6.07) is 7.70. The summed E-state index contributed by atoms with van der Waals surface area (Å²) in [5.74, 6) is -0.192. The second-order valence-corrected chi connectivity index (χ2v) is 5.89. The number of carbonyl (C=O) groups is 1. The lowest BCUT2D eigenvalue weighted by Crippen LogP contribution is -2.13. The summed E-state index contributed by atoms with van der Waals surface area (Å²) in [6.07, 6.45) is 1.77. The van der Waals surface area contributed by atoms with Crippen molar-refractivity contribution in [2.75, 3.05) is 24.3 Å². The summed E-state index contributed by atoms with van der Waals surface area (Å²) in [6.45, 7) is 1.99. The smallest absolute Gasteiger partial charge is 0.275 e. The van der Waals surface area contributed by atoms with Crippen molar-refractivity contribution in [2.45, 2.75) is 6.92 Å². The number of benzene rings is 1. The molecule has 108 valence electrons. The molecule has 6 heteroatoms. The fraction of sp³-hybridized carbons (Fsp3) is 0.200. The summed E-state index contributed by atoms with van der Waals surface area (Å²) in [7, 11) is 3.96. The van der Waals surface area contributed by atoms with E-state index < -0.39 is 0 Å². The molecule has 0 fully saturated rings. The number of carbonyl (C=O) groups excluding carboxylic acids is 1. The zero-order valence-electron chi connectivity index (χ0n) is 12.1. The van der Waals surface area contributed by atoms with E-state index in [2.05, 4.69) is 10.3 Å². The van der Waals surface area contributed by atoms with Crippen LogP contribution in [0.1, 0.15) is 16.2 Å². The first kappa shape index (κ1) is 13.6. The normalized spacial score (nSPS) is 10.8. The van der Waals surface area contributed by atoms with E-state index >= 15 is 0 Å². The number of aryl methyl sites for hydroxylation is 1. The van der Waals surface area contributed by atoms with Crippen LogP contribution in [0.3, 0.4) is 0 Å². The molecule has 0 aliphatic carbocycles. The molecule has 1 N–H and O–H groups in total. The highest BCUT2D eigenvalue weighted by Gasteiger charge is 2.13. The first-order valence-electron chi connectivity index (χ1n) is 6.56. The zero-order valence-corrected chi connectivity index (χ0v) is 12.9. The Balaban J connectivity index is 1.79. The molecular formula is C15H16N4OS. The molecule has 0 radical (unpaired) electrons. The molecular weight excluding hydrogens is 284 g/mol. The monoisotopic (exact) mass is 300 g/mol. The van der Waals surface area contributed by atoms with Gasteiger partial charge in [0.2, 0.25) is 0 Å². The van der Waals surface area contributed by atoms with Gasteiger partial charge >= 0.3 is 0 Å². The summed E-state index contributed by atoms with van der Waals surface area (Å²) in [5, 5.41) is 4.88. The summed E-state index contributed by atoms with van der Waals surface area (Å²) >= 11 is 1.53. The highest BCUT2D eigenvalue weighted by molar-refractivity contribution is 7.15. The molecule has 0 atom stereocenters. The van der Waals surface area contributed by atoms with Crippen LogP contribution in [0.4, 0.5) is 11.4 Å². The molecule has 0 aliphatic rings. The van der Waals surface area contributed by atoms with Crippen LogP contribution in [0.2, 0.25) is 0 Å². The Morgan fingerprint density at radius 3 is 2.62 bits per heavy atom. The second kappa shape index (κ2) is 5.21. The molecule has 5 nitrogen and oxygen atoms in total. The third-order valence-electron chi connectivity index (χ3n) is 3.26. The molecule has 2 heterocycles. The Labute approximate surface area is 126 Å². The van der Waals surface area contributed by atoms with Gasteiger partial charge in [-0.05, 0) is 31.2 Å². The van der Waals surface area contributed by atoms with Crippen LogP contribution in [0.15, 0.2) is 35.8 Å². The van der Waals surface area contributed by atoms with Gasteiger partial charge in [-0.2, -0.15) is 0 Å². The Morgan fingerprint density at radius 2 is 2.00 bits per heavy atom. The summed E-state index contributed by atoms with van der Waals surface area (Å²) < 4.78 is 1.93. The maximum atomic E-state index is 12.2. The van der Waals surface area contributed by atoms with Crippen molar-refractivity contribution in [3.8, 4) is 0 Å². The van der Waals surface area contributed by atoms with Crippen LogP contribution in [0, 0.1) is 6.92 Å². The van der Waals surface area contributed by atoms with Gasteiger partial charge in [-0.15, -0.1) is 11.3 Å². The lowest BCUT2D eigenvalue weighted by atomic mass is 10.2. The number of amides is 1. The highest BCUT2D eigenvalue weighted by atomic mass is 32.1. The highest BCUT2D eigenvalue weighted by Crippen LogP contribution is 2.18. The minimum Gasteiger partial charge on any atom is -0.378 e. The number of aromatic nitrogens is 2. The standard InChI is InChI=1S/C15H16N4OS/c1-10-9-21-15-17-13(8-19(10)15)14(20)16-11-4-6-12(7-5-11)18(2)3/h4-9H,1-3H3,(H,16,20). The van der Waals surface area contributed by atoms with Crippen molar-refractivity contribution in [3.63, 3.8) is 0 Å². The van der Waals surface area contributed by atoms with Crippen molar-refractivity contribution >= 4 is 33.6 Å². The topological polar surface area (TPSA) is 49.6 Å². The summed E-state index contributed by atoms with van der Waals surface area (Å²) in [4.78, 5) is 19.4. The Kier molecular flexibility index (Phi) is 3.39. The fourth-order valence-electron chi connectivity index (χ4n) is 2.04. The average molecular weight is 300 g/mol. The van der Waals surface area contributed by atoms with Crippen LogP contribution in [0.5, 0.6) is 0 Å². The quantitative estimate of drug-likeness (QED) is 0.809. The third kappa shape index (κ3) is 2.62. The second-order valence-electron chi connectivity index (χ2n) is 5.05. The average Bonchev–Trinajstić information content (AvgIpc) is 3.02. The molecule has 0 unspecified atom stereocenters. The van der Waals surface area contributed by atoms with Gasteiger partial charge in [0.25, 0.3) is 5.91 Å². The van der Waals surface area contributed by atoms with Crippen LogP contribution >= 0.6 is 11.3 Å². The van der Waals surface area contributed by atoms with Gasteiger partial charge in [0.1, 0.15) is 5.69 Å². The molecule has 21 heavy (non-hydrogen) atoms. The first-order chi connectivity index (χ1) is 10.0. The van der Waals surface area contributed by atoms with E-state index in [9.17, 15) is 4.79 Å². The Hall–Kier alpha value is -2.34. The van der Waals surface area contributed by atoms with E-state index in [4.69, 9.17) is 0 Å². The Morgan fingerprint density at radius 1 is 1.29 bits per heavy atom. The lowest BCUT2D eigenvalue weighted by molar-refractivity contribution is 0.102. The number of fused-ring (bicyclic) bond motifs is 1. The fourth-order valence-corrected chi connectivity index (χ4v) is 2.89. The minimum atomic E-state index is -0.192. The van der Waals surface area contributed by atoms with Gasteiger partial charge in [-0.3, -0.25) is 9.20 Å². The van der Waals surface area contributed by atoms with Gasteiger partial charge in [-0.1, -0.05) is 0 Å². The maximum Gasteiger partial charge on any atom is 0.275 e. The molecule has 0 bridgehead atoms. The Bertz CT molecular complexity index is 786. The van der Waals surface area contributed by atoms with E-state index in [1.54, 1.807) is 6.20 Å². The van der Waals surface area contributed by atoms with E-state index in [1.807, 2.05) is 60.0 Å². The summed E-state index contributed by atoms with van der Waals surface area (Å²) in [5.41, 5.74) is 3.36. The molecule has 0 spiro atoms. The van der Waals surface area contributed by atoms with Crippen LogP contribution in [0.25, 0.3) is 4.96 Å². The predicted molar refractivity (Wildman–Crippen MR) is 86.5 cm³/mol. The van der Waals surface area contributed by atoms with Gasteiger partial charge in [0.05, 0.1) is 0 Å². The molecule has 0 aliphatic heterocycles. The van der Waals surface area contributed by atoms with Crippen LogP contribution in [-0.4, -0.2) is 29.4 Å².